The van der Waals surface area contributed by atoms with E-state index in [4.69, 9.17) is 0 Å². The van der Waals surface area contributed by atoms with Crippen molar-refractivity contribution in [1.82, 2.24) is 10.2 Å². The van der Waals surface area contributed by atoms with Crippen LogP contribution in [0.2, 0.25) is 0 Å². The third-order valence-electron chi connectivity index (χ3n) is 4.57. The summed E-state index contributed by atoms with van der Waals surface area (Å²) >= 11 is 0. The summed E-state index contributed by atoms with van der Waals surface area (Å²) in [6.07, 6.45) is 7.77. The zero-order valence-electron chi connectivity index (χ0n) is 14.1. The summed E-state index contributed by atoms with van der Waals surface area (Å²) in [5, 5.41) is 13.3. The summed E-state index contributed by atoms with van der Waals surface area (Å²) in [5.41, 5.74) is 0. The molecule has 1 saturated carbocycles. The van der Waals surface area contributed by atoms with Gasteiger partial charge in [0.25, 0.3) is 0 Å². The molecule has 20 heavy (non-hydrogen) atoms. The second-order valence-corrected chi connectivity index (χ2v) is 6.86. The maximum Gasteiger partial charge on any atom is 0.0638 e. The molecule has 0 radical (unpaired) electrons. The lowest BCUT2D eigenvalue weighted by Crippen LogP contribution is -2.46. The van der Waals surface area contributed by atoms with Crippen LogP contribution in [-0.4, -0.2) is 48.8 Å². The zero-order chi connectivity index (χ0) is 15.0. The Labute approximate surface area is 126 Å². The first-order chi connectivity index (χ1) is 9.56. The molecule has 1 rings (SSSR count). The number of nitrogens with one attached hydrogen (secondary N) is 1. The van der Waals surface area contributed by atoms with Gasteiger partial charge in [-0.2, -0.15) is 0 Å². The smallest absolute Gasteiger partial charge is 0.0638 e. The molecule has 3 heteroatoms. The van der Waals surface area contributed by atoms with E-state index in [-0.39, 0.29) is 6.10 Å². The number of hydrogen-bond acceptors (Lipinski definition) is 3. The van der Waals surface area contributed by atoms with Crippen LogP contribution in [0.4, 0.5) is 0 Å². The molecule has 0 bridgehead atoms. The maximum atomic E-state index is 9.54. The first kappa shape index (κ1) is 17.9. The Kier molecular flexibility index (Phi) is 8.74. The van der Waals surface area contributed by atoms with E-state index in [0.29, 0.717) is 6.04 Å². The first-order valence-electron chi connectivity index (χ1n) is 8.66. The van der Waals surface area contributed by atoms with Gasteiger partial charge in [-0.1, -0.05) is 26.7 Å². The molecule has 0 saturated heterocycles. The molecule has 0 spiro atoms. The van der Waals surface area contributed by atoms with Gasteiger partial charge >= 0.3 is 0 Å². The highest BCUT2D eigenvalue weighted by Crippen LogP contribution is 2.32. The topological polar surface area (TPSA) is 35.5 Å². The third-order valence-corrected chi connectivity index (χ3v) is 4.57. The van der Waals surface area contributed by atoms with E-state index in [9.17, 15) is 5.11 Å². The monoisotopic (exact) mass is 284 g/mol. The van der Waals surface area contributed by atoms with Crippen molar-refractivity contribution in [1.29, 1.82) is 0 Å². The zero-order valence-corrected chi connectivity index (χ0v) is 14.1. The van der Waals surface area contributed by atoms with Gasteiger partial charge in [-0.3, -0.25) is 0 Å². The van der Waals surface area contributed by atoms with Crippen LogP contribution in [0.3, 0.4) is 0 Å². The van der Waals surface area contributed by atoms with Crippen molar-refractivity contribution in [3.63, 3.8) is 0 Å². The lowest BCUT2D eigenvalue weighted by atomic mass is 9.76. The highest BCUT2D eigenvalue weighted by atomic mass is 16.3. The minimum atomic E-state index is -0.225. The van der Waals surface area contributed by atoms with Crippen LogP contribution >= 0.6 is 0 Å². The van der Waals surface area contributed by atoms with Crippen molar-refractivity contribution in [2.24, 2.45) is 11.8 Å². The summed E-state index contributed by atoms with van der Waals surface area (Å²) < 4.78 is 0. The summed E-state index contributed by atoms with van der Waals surface area (Å²) in [4.78, 5) is 2.31. The van der Waals surface area contributed by atoms with Gasteiger partial charge in [0.1, 0.15) is 0 Å². The summed E-state index contributed by atoms with van der Waals surface area (Å²) in [5.74, 6) is 1.67. The van der Waals surface area contributed by atoms with Gasteiger partial charge in [-0.15, -0.1) is 0 Å². The third kappa shape index (κ3) is 6.55. The standard InChI is InChI=1S/C17H36N2O/c1-5-7-15-8-9-17(18-10-6-2)16(11-15)13-19(4)12-14(3)20/h14-18,20H,5-13H2,1-4H3. The summed E-state index contributed by atoms with van der Waals surface area (Å²) in [6, 6.07) is 0.680. The van der Waals surface area contributed by atoms with Crippen LogP contribution in [0.15, 0.2) is 0 Å². The van der Waals surface area contributed by atoms with E-state index in [1.165, 1.54) is 38.5 Å². The van der Waals surface area contributed by atoms with Crippen LogP contribution in [-0.2, 0) is 0 Å². The normalized spacial score (nSPS) is 28.8. The largest absolute Gasteiger partial charge is 0.392 e. The average Bonchev–Trinajstić information content (AvgIpc) is 2.37. The highest BCUT2D eigenvalue weighted by Gasteiger charge is 2.30. The van der Waals surface area contributed by atoms with Crippen LogP contribution in [0.5, 0.6) is 0 Å². The van der Waals surface area contributed by atoms with Crippen molar-refractivity contribution < 1.29 is 5.11 Å². The molecule has 0 aromatic carbocycles. The minimum Gasteiger partial charge on any atom is -0.392 e. The van der Waals surface area contributed by atoms with Crippen LogP contribution in [0, 0.1) is 11.8 Å². The number of likely N-dealkylation sites (N-methyl/N-ethyl adjacent to an activating group) is 1. The lowest BCUT2D eigenvalue weighted by molar-refractivity contribution is 0.105. The molecule has 120 valence electrons. The number of aliphatic hydroxyl groups excluding tert-OH is 1. The Bertz CT molecular complexity index is 245. The molecule has 2 N–H and O–H groups in total. The van der Waals surface area contributed by atoms with Gasteiger partial charge < -0.3 is 15.3 Å². The SMILES string of the molecule is CCCNC1CCC(CCC)CC1CN(C)CC(C)O. The van der Waals surface area contributed by atoms with Gasteiger partial charge in [-0.05, 0) is 58.0 Å². The number of aliphatic hydroxyl groups is 1. The van der Waals surface area contributed by atoms with Crippen LogP contribution in [0.25, 0.3) is 0 Å². The Hall–Kier alpha value is -0.120. The summed E-state index contributed by atoms with van der Waals surface area (Å²) in [7, 11) is 2.15. The number of hydrogen-bond donors (Lipinski definition) is 2. The van der Waals surface area contributed by atoms with E-state index in [1.807, 2.05) is 6.92 Å². The van der Waals surface area contributed by atoms with Crippen LogP contribution < -0.4 is 5.32 Å². The highest BCUT2D eigenvalue weighted by molar-refractivity contribution is 4.86. The second kappa shape index (κ2) is 9.75. The fourth-order valence-electron chi connectivity index (χ4n) is 3.76. The predicted octanol–water partition coefficient (Wildman–Crippen LogP) is 2.88. The number of rotatable bonds is 9. The fourth-order valence-corrected chi connectivity index (χ4v) is 3.76. The molecular weight excluding hydrogens is 248 g/mol. The Morgan fingerprint density at radius 1 is 1.25 bits per heavy atom. The molecule has 0 aromatic rings. The molecule has 4 unspecified atom stereocenters. The van der Waals surface area contributed by atoms with E-state index in [1.54, 1.807) is 0 Å². The van der Waals surface area contributed by atoms with E-state index in [2.05, 4.69) is 31.1 Å². The fraction of sp³-hybridized carbons (Fsp3) is 1.00. The maximum absolute atomic E-state index is 9.54. The first-order valence-corrected chi connectivity index (χ1v) is 8.66. The van der Waals surface area contributed by atoms with Crippen LogP contribution in [0.1, 0.15) is 59.3 Å². The number of nitrogens with zero attached hydrogens (tertiary/aromatic N) is 1. The van der Waals surface area contributed by atoms with Gasteiger partial charge in [-0.25, -0.2) is 0 Å². The van der Waals surface area contributed by atoms with E-state index in [0.717, 1.165) is 31.5 Å². The van der Waals surface area contributed by atoms with Crippen molar-refractivity contribution >= 4 is 0 Å². The molecule has 0 aromatic heterocycles. The molecule has 1 fully saturated rings. The minimum absolute atomic E-state index is 0.225. The van der Waals surface area contributed by atoms with Crippen molar-refractivity contribution in [2.75, 3.05) is 26.7 Å². The predicted molar refractivity (Wildman–Crippen MR) is 87.0 cm³/mol. The van der Waals surface area contributed by atoms with Gasteiger partial charge in [0.15, 0.2) is 0 Å². The molecular formula is C17H36N2O. The molecule has 1 aliphatic rings. The Balaban J connectivity index is 2.51. The quantitative estimate of drug-likeness (QED) is 0.683. The Morgan fingerprint density at radius 3 is 2.60 bits per heavy atom. The molecule has 0 heterocycles. The lowest BCUT2D eigenvalue weighted by Gasteiger charge is -2.39. The molecule has 1 aliphatic carbocycles. The molecule has 4 atom stereocenters. The molecule has 0 aliphatic heterocycles. The van der Waals surface area contributed by atoms with E-state index >= 15 is 0 Å². The summed E-state index contributed by atoms with van der Waals surface area (Å²) in [6.45, 7) is 9.46. The molecule has 0 amide bonds. The van der Waals surface area contributed by atoms with Crippen molar-refractivity contribution in [3.05, 3.63) is 0 Å². The molecule has 3 nitrogen and oxygen atoms in total. The Morgan fingerprint density at radius 2 is 2.00 bits per heavy atom. The van der Waals surface area contributed by atoms with Crippen molar-refractivity contribution in [2.45, 2.75) is 71.4 Å². The second-order valence-electron chi connectivity index (χ2n) is 6.86. The van der Waals surface area contributed by atoms with Crippen molar-refractivity contribution in [3.8, 4) is 0 Å². The van der Waals surface area contributed by atoms with Gasteiger partial charge in [0, 0.05) is 19.1 Å². The average molecular weight is 284 g/mol. The van der Waals surface area contributed by atoms with E-state index < -0.39 is 0 Å². The van der Waals surface area contributed by atoms with Gasteiger partial charge in [0.2, 0.25) is 0 Å². The van der Waals surface area contributed by atoms with Gasteiger partial charge in [0.05, 0.1) is 6.10 Å².